The average Bonchev–Trinajstić information content (AvgIpc) is 2.96. The fraction of sp³-hybridized carbons (Fsp3) is 0.667. The van der Waals surface area contributed by atoms with Gasteiger partial charge in [0.1, 0.15) is 5.76 Å². The third kappa shape index (κ3) is 4.08. The highest BCUT2D eigenvalue weighted by atomic mass is 16.5. The topological polar surface area (TPSA) is 45.9 Å². The lowest BCUT2D eigenvalue weighted by Gasteiger charge is -2.39. The maximum atomic E-state index is 12.2. The standard InChI is InChI=1S/C15H24N2O3/c1-13-12-17(8-7-16(13)9-11-19-2)15(18)6-5-14-4-3-10-20-14/h3-4,10,13H,5-9,11-12H2,1-2H3. The molecule has 0 saturated carbocycles. The van der Waals surface area contributed by atoms with Crippen molar-refractivity contribution < 1.29 is 13.9 Å². The average molecular weight is 280 g/mol. The van der Waals surface area contributed by atoms with Gasteiger partial charge in [-0.25, -0.2) is 0 Å². The van der Waals surface area contributed by atoms with Crippen LogP contribution in [0.2, 0.25) is 0 Å². The molecular weight excluding hydrogens is 256 g/mol. The number of nitrogens with zero attached hydrogens (tertiary/aromatic N) is 2. The predicted molar refractivity (Wildman–Crippen MR) is 76.5 cm³/mol. The monoisotopic (exact) mass is 280 g/mol. The molecule has 1 aliphatic heterocycles. The lowest BCUT2D eigenvalue weighted by molar-refractivity contribution is -0.134. The lowest BCUT2D eigenvalue weighted by atomic mass is 10.1. The molecule has 1 atom stereocenters. The maximum absolute atomic E-state index is 12.2. The number of amides is 1. The van der Waals surface area contributed by atoms with Crippen molar-refractivity contribution in [2.45, 2.75) is 25.8 Å². The van der Waals surface area contributed by atoms with E-state index in [-0.39, 0.29) is 5.91 Å². The Hall–Kier alpha value is -1.33. The summed E-state index contributed by atoms with van der Waals surface area (Å²) < 4.78 is 10.4. The first-order valence-corrected chi connectivity index (χ1v) is 7.24. The second-order valence-corrected chi connectivity index (χ2v) is 5.30. The molecule has 5 nitrogen and oxygen atoms in total. The fourth-order valence-corrected chi connectivity index (χ4v) is 2.61. The molecule has 1 saturated heterocycles. The Bertz CT molecular complexity index is 405. The first kappa shape index (κ1) is 15.1. The second-order valence-electron chi connectivity index (χ2n) is 5.30. The summed E-state index contributed by atoms with van der Waals surface area (Å²) in [7, 11) is 1.72. The number of carbonyl (C=O) groups excluding carboxylic acids is 1. The normalized spacial score (nSPS) is 20.3. The number of aryl methyl sites for hydroxylation is 1. The molecule has 1 unspecified atom stereocenters. The lowest BCUT2D eigenvalue weighted by Crippen LogP contribution is -2.54. The van der Waals surface area contributed by atoms with E-state index in [0.29, 0.717) is 18.9 Å². The zero-order valence-electron chi connectivity index (χ0n) is 12.4. The number of furan rings is 1. The van der Waals surface area contributed by atoms with E-state index >= 15 is 0 Å². The van der Waals surface area contributed by atoms with E-state index < -0.39 is 0 Å². The van der Waals surface area contributed by atoms with Gasteiger partial charge in [0.15, 0.2) is 0 Å². The van der Waals surface area contributed by atoms with Crippen LogP contribution in [-0.2, 0) is 16.0 Å². The van der Waals surface area contributed by atoms with Gasteiger partial charge in [-0.15, -0.1) is 0 Å². The minimum absolute atomic E-state index is 0.222. The Balaban J connectivity index is 1.75. The molecule has 1 aromatic heterocycles. The molecule has 5 heteroatoms. The molecule has 1 aromatic rings. The minimum atomic E-state index is 0.222. The van der Waals surface area contributed by atoms with Crippen LogP contribution in [0.15, 0.2) is 22.8 Å². The van der Waals surface area contributed by atoms with Crippen molar-refractivity contribution in [2.75, 3.05) is 39.9 Å². The van der Waals surface area contributed by atoms with Gasteiger partial charge in [-0.1, -0.05) is 0 Å². The molecule has 1 amide bonds. The molecular formula is C15H24N2O3. The maximum Gasteiger partial charge on any atom is 0.223 e. The van der Waals surface area contributed by atoms with Crippen LogP contribution < -0.4 is 0 Å². The number of carbonyl (C=O) groups is 1. The van der Waals surface area contributed by atoms with Crippen LogP contribution in [0.5, 0.6) is 0 Å². The highest BCUT2D eigenvalue weighted by Gasteiger charge is 2.26. The first-order valence-electron chi connectivity index (χ1n) is 7.24. The summed E-state index contributed by atoms with van der Waals surface area (Å²) in [5.41, 5.74) is 0. The Morgan fingerprint density at radius 2 is 2.35 bits per heavy atom. The van der Waals surface area contributed by atoms with Crippen LogP contribution in [0.1, 0.15) is 19.1 Å². The van der Waals surface area contributed by atoms with E-state index in [4.69, 9.17) is 9.15 Å². The van der Waals surface area contributed by atoms with Crippen molar-refractivity contribution in [1.82, 2.24) is 9.80 Å². The largest absolute Gasteiger partial charge is 0.469 e. The predicted octanol–water partition coefficient (Wildman–Crippen LogP) is 1.39. The van der Waals surface area contributed by atoms with Crippen LogP contribution in [-0.4, -0.2) is 61.6 Å². The highest BCUT2D eigenvalue weighted by Crippen LogP contribution is 2.12. The van der Waals surface area contributed by atoms with Gasteiger partial charge in [0.2, 0.25) is 5.91 Å². The van der Waals surface area contributed by atoms with Crippen molar-refractivity contribution in [2.24, 2.45) is 0 Å². The highest BCUT2D eigenvalue weighted by molar-refractivity contribution is 5.76. The van der Waals surface area contributed by atoms with Gasteiger partial charge in [-0.2, -0.15) is 0 Å². The number of hydrogen-bond donors (Lipinski definition) is 0. The zero-order chi connectivity index (χ0) is 14.4. The molecule has 0 radical (unpaired) electrons. The number of rotatable bonds is 6. The van der Waals surface area contributed by atoms with Crippen molar-refractivity contribution in [3.63, 3.8) is 0 Å². The van der Waals surface area contributed by atoms with E-state index in [2.05, 4.69) is 11.8 Å². The molecule has 2 heterocycles. The van der Waals surface area contributed by atoms with Gasteiger partial charge in [0.05, 0.1) is 12.9 Å². The van der Waals surface area contributed by atoms with E-state index in [1.54, 1.807) is 13.4 Å². The Labute approximate surface area is 120 Å². The Kier molecular flexibility index (Phi) is 5.61. The van der Waals surface area contributed by atoms with Gasteiger partial charge >= 0.3 is 0 Å². The van der Waals surface area contributed by atoms with Crippen molar-refractivity contribution in [1.29, 1.82) is 0 Å². The van der Waals surface area contributed by atoms with Gasteiger partial charge < -0.3 is 14.1 Å². The molecule has 0 spiro atoms. The van der Waals surface area contributed by atoms with E-state index in [1.807, 2.05) is 17.0 Å². The molecule has 0 aliphatic carbocycles. The quantitative estimate of drug-likeness (QED) is 0.790. The van der Waals surface area contributed by atoms with Crippen molar-refractivity contribution in [3.05, 3.63) is 24.2 Å². The minimum Gasteiger partial charge on any atom is -0.469 e. The number of methoxy groups -OCH3 is 1. The van der Waals surface area contributed by atoms with Crippen LogP contribution in [0, 0.1) is 0 Å². The summed E-state index contributed by atoms with van der Waals surface area (Å²) in [5.74, 6) is 1.10. The third-order valence-corrected chi connectivity index (χ3v) is 3.87. The molecule has 2 rings (SSSR count). The summed E-state index contributed by atoms with van der Waals surface area (Å²) in [5, 5.41) is 0. The van der Waals surface area contributed by atoms with E-state index in [1.165, 1.54) is 0 Å². The van der Waals surface area contributed by atoms with Crippen LogP contribution >= 0.6 is 0 Å². The van der Waals surface area contributed by atoms with Crippen LogP contribution in [0.25, 0.3) is 0 Å². The van der Waals surface area contributed by atoms with Crippen molar-refractivity contribution >= 4 is 5.91 Å². The molecule has 1 fully saturated rings. The molecule has 0 N–H and O–H groups in total. The van der Waals surface area contributed by atoms with Gasteiger partial charge in [0.25, 0.3) is 0 Å². The summed E-state index contributed by atoms with van der Waals surface area (Å²) in [6.45, 7) is 6.40. The number of hydrogen-bond acceptors (Lipinski definition) is 4. The molecule has 1 aliphatic rings. The van der Waals surface area contributed by atoms with Gasteiger partial charge in [-0.05, 0) is 19.1 Å². The third-order valence-electron chi connectivity index (χ3n) is 3.87. The van der Waals surface area contributed by atoms with Crippen LogP contribution in [0.4, 0.5) is 0 Å². The van der Waals surface area contributed by atoms with E-state index in [0.717, 1.165) is 38.5 Å². The number of ether oxygens (including phenoxy) is 1. The summed E-state index contributed by atoms with van der Waals surface area (Å²) >= 11 is 0. The SMILES string of the molecule is COCCN1CCN(C(=O)CCc2ccco2)CC1C. The molecule has 112 valence electrons. The summed E-state index contributed by atoms with van der Waals surface area (Å²) in [6, 6.07) is 4.17. The zero-order valence-corrected chi connectivity index (χ0v) is 12.4. The number of piperazine rings is 1. The second kappa shape index (κ2) is 7.45. The van der Waals surface area contributed by atoms with Crippen LogP contribution in [0.3, 0.4) is 0 Å². The molecule has 0 bridgehead atoms. The van der Waals surface area contributed by atoms with Crippen molar-refractivity contribution in [3.8, 4) is 0 Å². The first-order chi connectivity index (χ1) is 9.70. The molecule has 20 heavy (non-hydrogen) atoms. The Morgan fingerprint density at radius 1 is 1.50 bits per heavy atom. The smallest absolute Gasteiger partial charge is 0.223 e. The summed E-state index contributed by atoms with van der Waals surface area (Å²) in [6.07, 6.45) is 2.86. The van der Waals surface area contributed by atoms with Gasteiger partial charge in [-0.3, -0.25) is 9.69 Å². The van der Waals surface area contributed by atoms with E-state index in [9.17, 15) is 4.79 Å². The summed E-state index contributed by atoms with van der Waals surface area (Å²) in [4.78, 5) is 16.5. The Morgan fingerprint density at radius 3 is 3.00 bits per heavy atom. The fourth-order valence-electron chi connectivity index (χ4n) is 2.61. The van der Waals surface area contributed by atoms with Gasteiger partial charge in [0, 0.05) is 52.2 Å². The molecule has 0 aromatic carbocycles.